The Morgan fingerprint density at radius 1 is 1.00 bits per heavy atom. The number of rotatable bonds is 8. The minimum atomic E-state index is 0.0590. The van der Waals surface area contributed by atoms with Crippen molar-refractivity contribution in [2.24, 2.45) is 22.7 Å². The van der Waals surface area contributed by atoms with Gasteiger partial charge in [-0.2, -0.15) is 0 Å². The number of allylic oxidation sites excluding steroid dienone is 8. The van der Waals surface area contributed by atoms with E-state index in [-0.39, 0.29) is 11.3 Å². The van der Waals surface area contributed by atoms with Crippen molar-refractivity contribution >= 4 is 0 Å². The fraction of sp³-hybridized carbons (Fsp3) is 0.643. The zero-order valence-corrected chi connectivity index (χ0v) is 21.1. The van der Waals surface area contributed by atoms with E-state index < -0.39 is 0 Å². The molecule has 168 valence electrons. The summed E-state index contributed by atoms with van der Waals surface area (Å²) in [7, 11) is 1.72. The van der Waals surface area contributed by atoms with Gasteiger partial charge in [-0.15, -0.1) is 5.92 Å². The third-order valence-electron chi connectivity index (χ3n) is 6.30. The summed E-state index contributed by atoms with van der Waals surface area (Å²) in [6, 6.07) is 0. The number of methoxy groups -OCH3 is 1. The molecule has 1 rings (SSSR count). The molecule has 0 aromatic heterocycles. The van der Waals surface area contributed by atoms with Crippen LogP contribution in [0.25, 0.3) is 0 Å². The van der Waals surface area contributed by atoms with Crippen molar-refractivity contribution in [2.75, 3.05) is 13.7 Å². The highest BCUT2D eigenvalue weighted by Gasteiger charge is 2.44. The molecule has 0 spiro atoms. The Labute approximate surface area is 186 Å². The van der Waals surface area contributed by atoms with E-state index >= 15 is 0 Å². The molecule has 3 atom stereocenters. The van der Waals surface area contributed by atoms with Gasteiger partial charge < -0.3 is 9.47 Å². The molecule has 0 bridgehead atoms. The van der Waals surface area contributed by atoms with E-state index in [2.05, 4.69) is 77.7 Å². The third kappa shape index (κ3) is 7.75. The van der Waals surface area contributed by atoms with Crippen LogP contribution in [0.1, 0.15) is 81.6 Å². The second-order valence-corrected chi connectivity index (χ2v) is 10.0. The van der Waals surface area contributed by atoms with Gasteiger partial charge in [-0.25, -0.2) is 0 Å². The first-order chi connectivity index (χ1) is 14.0. The largest absolute Gasteiger partial charge is 0.501 e. The summed E-state index contributed by atoms with van der Waals surface area (Å²) in [6.07, 6.45) is 12.3. The second kappa shape index (κ2) is 11.5. The summed E-state index contributed by atoms with van der Waals surface area (Å²) in [5.74, 6) is 8.90. The van der Waals surface area contributed by atoms with Crippen LogP contribution in [0.15, 0.2) is 47.0 Å². The first-order valence-electron chi connectivity index (χ1n) is 11.3. The van der Waals surface area contributed by atoms with Gasteiger partial charge in [0, 0.05) is 5.41 Å². The molecular formula is C28H44O2. The van der Waals surface area contributed by atoms with Gasteiger partial charge in [0.05, 0.1) is 24.5 Å². The lowest BCUT2D eigenvalue weighted by Crippen LogP contribution is -2.38. The van der Waals surface area contributed by atoms with Crippen LogP contribution in [-0.4, -0.2) is 13.7 Å². The van der Waals surface area contributed by atoms with Gasteiger partial charge in [0.2, 0.25) is 0 Å². The van der Waals surface area contributed by atoms with Crippen LogP contribution in [0.5, 0.6) is 0 Å². The Hall–Kier alpha value is -1.88. The van der Waals surface area contributed by atoms with E-state index in [1.807, 2.05) is 20.8 Å². The average molecular weight is 413 g/mol. The Bertz CT molecular complexity index is 751. The van der Waals surface area contributed by atoms with Gasteiger partial charge in [-0.3, -0.25) is 0 Å². The van der Waals surface area contributed by atoms with Gasteiger partial charge in [0.25, 0.3) is 0 Å². The topological polar surface area (TPSA) is 18.5 Å². The molecule has 0 N–H and O–H groups in total. The Morgan fingerprint density at radius 3 is 2.07 bits per heavy atom. The number of hydrogen-bond acceptors (Lipinski definition) is 2. The maximum atomic E-state index is 5.92. The normalized spacial score (nSPS) is 26.5. The molecule has 0 saturated heterocycles. The monoisotopic (exact) mass is 412 g/mol. The molecule has 1 aliphatic rings. The minimum Gasteiger partial charge on any atom is -0.501 e. The van der Waals surface area contributed by atoms with Gasteiger partial charge in [0.15, 0.2) is 0 Å². The smallest absolute Gasteiger partial charge is 0.101 e. The van der Waals surface area contributed by atoms with Gasteiger partial charge >= 0.3 is 0 Å². The predicted molar refractivity (Wildman–Crippen MR) is 130 cm³/mol. The Morgan fingerprint density at radius 2 is 1.57 bits per heavy atom. The lowest BCUT2D eigenvalue weighted by Gasteiger charge is -2.49. The Balaban J connectivity index is 3.25. The molecule has 3 unspecified atom stereocenters. The lowest BCUT2D eigenvalue weighted by atomic mass is 9.55. The summed E-state index contributed by atoms with van der Waals surface area (Å²) in [5, 5.41) is 0. The standard InChI is InChI=1S/C28H44O2/c1-11-12-21(2)19-30-26(7)16-14-24(5)28(23(4)13-15-25(6)29-10)18-22(3)17-27(8,9)20-28/h13-16,21-22H,17-20H2,1-10H3/b23-13+,24-14+,25-15+,26-16+. The Kier molecular flexibility index (Phi) is 10.0. The number of hydrogen-bond donors (Lipinski definition) is 0. The van der Waals surface area contributed by atoms with Crippen LogP contribution in [0.3, 0.4) is 0 Å². The molecular weight excluding hydrogens is 368 g/mol. The van der Waals surface area contributed by atoms with Crippen LogP contribution in [0.2, 0.25) is 0 Å². The second-order valence-electron chi connectivity index (χ2n) is 10.0. The minimum absolute atomic E-state index is 0.0590. The van der Waals surface area contributed by atoms with Crippen LogP contribution in [0, 0.1) is 34.5 Å². The molecule has 0 radical (unpaired) electrons. The van der Waals surface area contributed by atoms with Crippen molar-refractivity contribution in [3.8, 4) is 11.8 Å². The summed E-state index contributed by atoms with van der Waals surface area (Å²) < 4.78 is 11.3. The average Bonchev–Trinajstić information content (AvgIpc) is 2.66. The van der Waals surface area contributed by atoms with Crippen molar-refractivity contribution in [3.63, 3.8) is 0 Å². The van der Waals surface area contributed by atoms with E-state index in [0.29, 0.717) is 17.9 Å². The van der Waals surface area contributed by atoms with E-state index in [1.165, 1.54) is 24.0 Å². The third-order valence-corrected chi connectivity index (χ3v) is 6.30. The maximum Gasteiger partial charge on any atom is 0.101 e. The van der Waals surface area contributed by atoms with Crippen LogP contribution >= 0.6 is 0 Å². The van der Waals surface area contributed by atoms with E-state index in [9.17, 15) is 0 Å². The molecule has 2 heteroatoms. The van der Waals surface area contributed by atoms with Crippen LogP contribution in [-0.2, 0) is 9.47 Å². The van der Waals surface area contributed by atoms with E-state index in [0.717, 1.165) is 17.9 Å². The molecule has 30 heavy (non-hydrogen) atoms. The molecule has 0 aliphatic heterocycles. The highest BCUT2D eigenvalue weighted by molar-refractivity contribution is 5.34. The van der Waals surface area contributed by atoms with Crippen molar-refractivity contribution in [1.82, 2.24) is 0 Å². The lowest BCUT2D eigenvalue weighted by molar-refractivity contribution is 0.0988. The quantitative estimate of drug-likeness (QED) is 0.230. The highest BCUT2D eigenvalue weighted by Crippen LogP contribution is 2.55. The van der Waals surface area contributed by atoms with Gasteiger partial charge in [0.1, 0.15) is 6.61 Å². The fourth-order valence-electron chi connectivity index (χ4n) is 4.95. The predicted octanol–water partition coefficient (Wildman–Crippen LogP) is 7.84. The molecule has 0 aromatic rings. The van der Waals surface area contributed by atoms with Crippen LogP contribution in [0.4, 0.5) is 0 Å². The molecule has 1 aliphatic carbocycles. The number of ether oxygens (including phenoxy) is 2. The molecule has 0 amide bonds. The van der Waals surface area contributed by atoms with Gasteiger partial charge in [-0.05, 0) is 84.3 Å². The fourth-order valence-corrected chi connectivity index (χ4v) is 4.95. The molecule has 1 saturated carbocycles. The zero-order chi connectivity index (χ0) is 22.9. The van der Waals surface area contributed by atoms with Crippen molar-refractivity contribution in [2.45, 2.75) is 81.6 Å². The summed E-state index contributed by atoms with van der Waals surface area (Å²) in [4.78, 5) is 0. The van der Waals surface area contributed by atoms with E-state index in [1.54, 1.807) is 7.11 Å². The van der Waals surface area contributed by atoms with Crippen molar-refractivity contribution < 1.29 is 9.47 Å². The van der Waals surface area contributed by atoms with Gasteiger partial charge in [-0.1, -0.05) is 50.0 Å². The summed E-state index contributed by atoms with van der Waals surface area (Å²) >= 11 is 0. The molecule has 1 fully saturated rings. The van der Waals surface area contributed by atoms with Crippen molar-refractivity contribution in [1.29, 1.82) is 0 Å². The molecule has 0 heterocycles. The van der Waals surface area contributed by atoms with Crippen molar-refractivity contribution in [3.05, 3.63) is 47.0 Å². The van der Waals surface area contributed by atoms with E-state index in [4.69, 9.17) is 9.47 Å². The SMILES string of the molecule is CC#CC(C)CO/C(C)=C/C=C(\C)C1(/C(C)=C/C=C(\C)OC)CC(C)CC(C)(C)C1. The summed E-state index contributed by atoms with van der Waals surface area (Å²) in [5.41, 5.74) is 3.18. The maximum absolute atomic E-state index is 5.92. The first-order valence-corrected chi connectivity index (χ1v) is 11.3. The highest BCUT2D eigenvalue weighted by atomic mass is 16.5. The molecule has 2 nitrogen and oxygen atoms in total. The zero-order valence-electron chi connectivity index (χ0n) is 21.1. The summed E-state index contributed by atoms with van der Waals surface area (Å²) in [6.45, 7) is 20.4. The van der Waals surface area contributed by atoms with Crippen LogP contribution < -0.4 is 0 Å². The first kappa shape index (κ1) is 26.2. The molecule has 0 aromatic carbocycles.